The first-order chi connectivity index (χ1) is 9.30. The zero-order chi connectivity index (χ0) is 15.3. The lowest BCUT2D eigenvalue weighted by atomic mass is 10.2. The van der Waals surface area contributed by atoms with Crippen molar-refractivity contribution in [2.45, 2.75) is 51.0 Å². The van der Waals surface area contributed by atoms with E-state index in [-0.39, 0.29) is 10.9 Å². The van der Waals surface area contributed by atoms with E-state index in [1.54, 1.807) is 22.5 Å². The van der Waals surface area contributed by atoms with Crippen molar-refractivity contribution in [1.82, 2.24) is 4.31 Å². The summed E-state index contributed by atoms with van der Waals surface area (Å²) in [7, 11) is -3.50. The number of rotatable bonds is 7. The van der Waals surface area contributed by atoms with Crippen LogP contribution in [-0.2, 0) is 10.0 Å². The molecular formula is C14H23BrN2O2S. The van der Waals surface area contributed by atoms with Gasteiger partial charge in [-0.15, -0.1) is 0 Å². The highest BCUT2D eigenvalue weighted by molar-refractivity contribution is 9.10. The molecule has 0 amide bonds. The van der Waals surface area contributed by atoms with Gasteiger partial charge in [0, 0.05) is 22.7 Å². The monoisotopic (exact) mass is 362 g/mol. The number of nitrogen functional groups attached to an aromatic ring is 1. The summed E-state index contributed by atoms with van der Waals surface area (Å²) < 4.78 is 27.6. The third-order valence-corrected chi connectivity index (χ3v) is 6.15. The fourth-order valence-corrected chi connectivity index (χ4v) is 4.76. The smallest absolute Gasteiger partial charge is 0.244 e. The van der Waals surface area contributed by atoms with Crippen molar-refractivity contribution in [3.63, 3.8) is 0 Å². The summed E-state index contributed by atoms with van der Waals surface area (Å²) in [6, 6.07) is 4.73. The van der Waals surface area contributed by atoms with Crippen LogP contribution in [0, 0.1) is 0 Å². The van der Waals surface area contributed by atoms with E-state index in [2.05, 4.69) is 22.9 Å². The molecular weight excluding hydrogens is 340 g/mol. The van der Waals surface area contributed by atoms with Crippen LogP contribution in [0.15, 0.2) is 27.6 Å². The molecule has 0 spiro atoms. The van der Waals surface area contributed by atoms with Gasteiger partial charge in [0.25, 0.3) is 0 Å². The van der Waals surface area contributed by atoms with E-state index in [0.29, 0.717) is 16.7 Å². The molecule has 0 aliphatic carbocycles. The van der Waals surface area contributed by atoms with Gasteiger partial charge in [-0.05, 0) is 54.4 Å². The molecule has 1 rings (SSSR count). The van der Waals surface area contributed by atoms with Crippen molar-refractivity contribution >= 4 is 31.6 Å². The van der Waals surface area contributed by atoms with Crippen molar-refractivity contribution in [2.24, 2.45) is 0 Å². The highest BCUT2D eigenvalue weighted by Crippen LogP contribution is 2.28. The molecule has 4 nitrogen and oxygen atoms in total. The van der Waals surface area contributed by atoms with E-state index in [9.17, 15) is 8.42 Å². The second-order valence-corrected chi connectivity index (χ2v) is 7.82. The van der Waals surface area contributed by atoms with E-state index < -0.39 is 10.0 Å². The number of hydrogen-bond donors (Lipinski definition) is 1. The molecule has 2 N–H and O–H groups in total. The summed E-state index contributed by atoms with van der Waals surface area (Å²) >= 11 is 3.30. The maximum atomic E-state index is 12.8. The van der Waals surface area contributed by atoms with E-state index in [1.807, 2.05) is 13.8 Å². The van der Waals surface area contributed by atoms with Gasteiger partial charge < -0.3 is 5.73 Å². The Hall–Kier alpha value is -0.590. The van der Waals surface area contributed by atoms with Gasteiger partial charge in [0.2, 0.25) is 10.0 Å². The summed E-state index contributed by atoms with van der Waals surface area (Å²) in [6.07, 6.45) is 2.97. The van der Waals surface area contributed by atoms with E-state index in [0.717, 1.165) is 19.3 Å². The molecule has 0 unspecified atom stereocenters. The number of nitrogens with zero attached hydrogens (tertiary/aromatic N) is 1. The van der Waals surface area contributed by atoms with Crippen LogP contribution in [0.3, 0.4) is 0 Å². The molecule has 0 aliphatic heterocycles. The maximum absolute atomic E-state index is 12.8. The first-order valence-corrected chi connectivity index (χ1v) is 9.11. The number of benzene rings is 1. The summed E-state index contributed by atoms with van der Waals surface area (Å²) in [5.41, 5.74) is 6.21. The number of hydrogen-bond acceptors (Lipinski definition) is 3. The number of halogens is 1. The second kappa shape index (κ2) is 7.43. The Kier molecular flexibility index (Phi) is 6.48. The largest absolute Gasteiger partial charge is 0.399 e. The van der Waals surface area contributed by atoms with Gasteiger partial charge in [-0.1, -0.05) is 19.8 Å². The zero-order valence-corrected chi connectivity index (χ0v) is 14.7. The third kappa shape index (κ3) is 4.20. The van der Waals surface area contributed by atoms with Gasteiger partial charge in [-0.3, -0.25) is 0 Å². The van der Waals surface area contributed by atoms with Gasteiger partial charge in [0.05, 0.1) is 4.90 Å². The van der Waals surface area contributed by atoms with Gasteiger partial charge >= 0.3 is 0 Å². The molecule has 0 aliphatic rings. The predicted octanol–water partition coefficient (Wildman–Crippen LogP) is 3.62. The summed E-state index contributed by atoms with van der Waals surface area (Å²) in [4.78, 5) is 0.275. The van der Waals surface area contributed by atoms with Crippen LogP contribution >= 0.6 is 15.9 Å². The van der Waals surface area contributed by atoms with Crippen LogP contribution in [0.5, 0.6) is 0 Å². The fourth-order valence-electron chi connectivity index (χ4n) is 2.03. The van der Waals surface area contributed by atoms with Crippen LogP contribution in [0.25, 0.3) is 0 Å². The topological polar surface area (TPSA) is 63.4 Å². The lowest BCUT2D eigenvalue weighted by Gasteiger charge is -2.26. The molecule has 0 saturated heterocycles. The average molecular weight is 363 g/mol. The van der Waals surface area contributed by atoms with Crippen molar-refractivity contribution < 1.29 is 8.42 Å². The Morgan fingerprint density at radius 1 is 1.30 bits per heavy atom. The van der Waals surface area contributed by atoms with Gasteiger partial charge in [-0.2, -0.15) is 4.31 Å². The van der Waals surface area contributed by atoms with E-state index >= 15 is 0 Å². The minimum absolute atomic E-state index is 0.0682. The van der Waals surface area contributed by atoms with Crippen molar-refractivity contribution in [3.05, 3.63) is 22.7 Å². The predicted molar refractivity (Wildman–Crippen MR) is 87.1 cm³/mol. The number of anilines is 1. The number of unbranched alkanes of at least 4 members (excludes halogenated alkanes) is 2. The average Bonchev–Trinajstić information content (AvgIpc) is 2.33. The first-order valence-electron chi connectivity index (χ1n) is 6.87. The molecule has 0 radical (unpaired) electrons. The van der Waals surface area contributed by atoms with Crippen LogP contribution in [-0.4, -0.2) is 25.3 Å². The Labute approximate surface area is 130 Å². The first kappa shape index (κ1) is 17.5. The molecule has 0 saturated carbocycles. The molecule has 1 aromatic carbocycles. The molecule has 6 heteroatoms. The van der Waals surface area contributed by atoms with E-state index in [1.165, 1.54) is 0 Å². The Balaban J connectivity index is 3.09. The number of nitrogens with two attached hydrogens (primary N) is 1. The standard InChI is InChI=1S/C14H23BrN2O2S/c1-4-5-6-9-17(11(2)3)20(18,19)14-8-7-12(16)10-13(14)15/h7-8,10-11H,4-6,9,16H2,1-3H3. The molecule has 0 bridgehead atoms. The molecule has 0 fully saturated rings. The molecule has 114 valence electrons. The normalized spacial score (nSPS) is 12.3. The van der Waals surface area contributed by atoms with E-state index in [4.69, 9.17) is 5.73 Å². The molecule has 0 aromatic heterocycles. The zero-order valence-electron chi connectivity index (χ0n) is 12.3. The van der Waals surface area contributed by atoms with Crippen molar-refractivity contribution in [1.29, 1.82) is 0 Å². The van der Waals surface area contributed by atoms with Crippen molar-refractivity contribution in [3.8, 4) is 0 Å². The SMILES string of the molecule is CCCCCN(C(C)C)S(=O)(=O)c1ccc(N)cc1Br. The lowest BCUT2D eigenvalue weighted by Crippen LogP contribution is -2.37. The van der Waals surface area contributed by atoms with Crippen LogP contribution < -0.4 is 5.73 Å². The minimum atomic E-state index is -3.50. The Morgan fingerprint density at radius 2 is 1.95 bits per heavy atom. The maximum Gasteiger partial charge on any atom is 0.244 e. The van der Waals surface area contributed by atoms with Crippen LogP contribution in [0.4, 0.5) is 5.69 Å². The minimum Gasteiger partial charge on any atom is -0.399 e. The molecule has 1 aromatic rings. The Bertz CT molecular complexity index is 544. The molecule has 20 heavy (non-hydrogen) atoms. The van der Waals surface area contributed by atoms with Gasteiger partial charge in [0.15, 0.2) is 0 Å². The fraction of sp³-hybridized carbons (Fsp3) is 0.571. The van der Waals surface area contributed by atoms with Gasteiger partial charge in [-0.25, -0.2) is 8.42 Å². The molecule has 0 heterocycles. The quantitative estimate of drug-likeness (QED) is 0.594. The van der Waals surface area contributed by atoms with Crippen LogP contribution in [0.2, 0.25) is 0 Å². The third-order valence-electron chi connectivity index (χ3n) is 3.10. The van der Waals surface area contributed by atoms with Crippen molar-refractivity contribution in [2.75, 3.05) is 12.3 Å². The Morgan fingerprint density at radius 3 is 2.45 bits per heavy atom. The van der Waals surface area contributed by atoms with Crippen LogP contribution in [0.1, 0.15) is 40.0 Å². The second-order valence-electron chi connectivity index (χ2n) is 5.11. The highest BCUT2D eigenvalue weighted by Gasteiger charge is 2.28. The molecule has 0 atom stereocenters. The summed E-state index contributed by atoms with van der Waals surface area (Å²) in [5.74, 6) is 0. The van der Waals surface area contributed by atoms with Gasteiger partial charge in [0.1, 0.15) is 0 Å². The number of sulfonamides is 1. The summed E-state index contributed by atoms with van der Waals surface area (Å²) in [6.45, 7) is 6.44. The summed E-state index contributed by atoms with van der Waals surface area (Å²) in [5, 5.41) is 0. The lowest BCUT2D eigenvalue weighted by molar-refractivity contribution is 0.345. The highest BCUT2D eigenvalue weighted by atomic mass is 79.9.